The van der Waals surface area contributed by atoms with Crippen LogP contribution in [0.1, 0.15) is 36.3 Å². The number of benzene rings is 1. The molecule has 0 saturated carbocycles. The summed E-state index contributed by atoms with van der Waals surface area (Å²) >= 11 is 7.07. The summed E-state index contributed by atoms with van der Waals surface area (Å²) in [5, 5.41) is 10.2. The molecule has 20 heavy (non-hydrogen) atoms. The zero-order valence-corrected chi connectivity index (χ0v) is 12.8. The van der Waals surface area contributed by atoms with Crippen molar-refractivity contribution in [3.05, 3.63) is 39.7 Å². The second-order valence-corrected chi connectivity index (χ2v) is 6.85. The zero-order chi connectivity index (χ0) is 15.1. The highest BCUT2D eigenvalue weighted by molar-refractivity contribution is 7.15. The number of carboxylic acid groups (broad SMARTS) is 1. The Morgan fingerprint density at radius 1 is 1.35 bits per heavy atom. The zero-order valence-electron chi connectivity index (χ0n) is 11.2. The molecule has 1 heterocycles. The van der Waals surface area contributed by atoms with E-state index < -0.39 is 11.8 Å². The van der Waals surface area contributed by atoms with Crippen LogP contribution >= 0.6 is 22.9 Å². The van der Waals surface area contributed by atoms with Gasteiger partial charge in [0.05, 0.1) is 9.88 Å². The second-order valence-electron chi connectivity index (χ2n) is 5.41. The van der Waals surface area contributed by atoms with Crippen LogP contribution < -0.4 is 0 Å². The molecule has 1 aromatic heterocycles. The minimum Gasteiger partial charge on any atom is -0.476 e. The fourth-order valence-electron chi connectivity index (χ4n) is 1.67. The van der Waals surface area contributed by atoms with Gasteiger partial charge in [0.2, 0.25) is 0 Å². The van der Waals surface area contributed by atoms with Gasteiger partial charge >= 0.3 is 5.97 Å². The number of halogens is 2. The molecule has 0 aliphatic rings. The monoisotopic (exact) mass is 313 g/mol. The first-order chi connectivity index (χ1) is 9.18. The largest absolute Gasteiger partial charge is 0.476 e. The van der Waals surface area contributed by atoms with E-state index in [0.717, 1.165) is 0 Å². The van der Waals surface area contributed by atoms with E-state index in [2.05, 4.69) is 4.98 Å². The van der Waals surface area contributed by atoms with Crippen molar-refractivity contribution in [3.8, 4) is 10.4 Å². The lowest BCUT2D eigenvalue weighted by Gasteiger charge is -2.13. The molecule has 0 bridgehead atoms. The Morgan fingerprint density at radius 3 is 2.50 bits per heavy atom. The summed E-state index contributed by atoms with van der Waals surface area (Å²) in [6.45, 7) is 5.83. The smallest absolute Gasteiger partial charge is 0.356 e. The normalized spacial score (nSPS) is 11.7. The first-order valence-electron chi connectivity index (χ1n) is 5.89. The quantitative estimate of drug-likeness (QED) is 0.881. The van der Waals surface area contributed by atoms with Crippen molar-refractivity contribution in [1.29, 1.82) is 0 Å². The lowest BCUT2D eigenvalue weighted by atomic mass is 9.98. The van der Waals surface area contributed by atoms with Crippen LogP contribution in [0.5, 0.6) is 0 Å². The van der Waals surface area contributed by atoms with Gasteiger partial charge in [-0.1, -0.05) is 32.4 Å². The fourth-order valence-corrected chi connectivity index (χ4v) is 2.99. The summed E-state index contributed by atoms with van der Waals surface area (Å²) in [6, 6.07) is 3.98. The number of carboxylic acids is 1. The van der Waals surface area contributed by atoms with E-state index in [1.54, 1.807) is 0 Å². The third-order valence-corrected chi connectivity index (χ3v) is 4.34. The van der Waals surface area contributed by atoms with Gasteiger partial charge < -0.3 is 5.11 Å². The van der Waals surface area contributed by atoms with Crippen molar-refractivity contribution >= 4 is 28.9 Å². The molecule has 0 atom stereocenters. The molecule has 2 rings (SSSR count). The van der Waals surface area contributed by atoms with Crippen molar-refractivity contribution in [2.75, 3.05) is 0 Å². The van der Waals surface area contributed by atoms with Crippen molar-refractivity contribution in [1.82, 2.24) is 4.98 Å². The van der Waals surface area contributed by atoms with E-state index in [0.29, 0.717) is 15.4 Å². The van der Waals surface area contributed by atoms with E-state index >= 15 is 0 Å². The molecule has 1 aromatic carbocycles. The number of aromatic carboxylic acids is 1. The number of aromatic nitrogens is 1. The van der Waals surface area contributed by atoms with Crippen LogP contribution in [0.2, 0.25) is 5.02 Å². The maximum Gasteiger partial charge on any atom is 0.356 e. The Hall–Kier alpha value is -1.46. The summed E-state index contributed by atoms with van der Waals surface area (Å²) in [6.07, 6.45) is 0. The van der Waals surface area contributed by atoms with Gasteiger partial charge in [0.15, 0.2) is 5.69 Å². The molecule has 3 nitrogen and oxygen atoms in total. The second kappa shape index (κ2) is 5.14. The van der Waals surface area contributed by atoms with Crippen LogP contribution in [0.15, 0.2) is 18.2 Å². The highest BCUT2D eigenvalue weighted by atomic mass is 35.5. The standard InChI is InChI=1S/C14H13ClFNO2S/c1-14(2,3)13-17-10(12(18)19)11(20-13)7-4-8(15)6-9(16)5-7/h4-6H,1-3H3,(H,18,19). The van der Waals surface area contributed by atoms with Crippen LogP contribution in [-0.4, -0.2) is 16.1 Å². The van der Waals surface area contributed by atoms with Gasteiger partial charge in [0, 0.05) is 10.4 Å². The molecule has 6 heteroatoms. The molecule has 0 fully saturated rings. The SMILES string of the molecule is CC(C)(C)c1nc(C(=O)O)c(-c2cc(F)cc(Cl)c2)s1. The first-order valence-corrected chi connectivity index (χ1v) is 7.09. The number of rotatable bonds is 2. The highest BCUT2D eigenvalue weighted by Gasteiger charge is 2.25. The molecular formula is C14H13ClFNO2S. The van der Waals surface area contributed by atoms with Gasteiger partial charge in [-0.15, -0.1) is 11.3 Å². The van der Waals surface area contributed by atoms with Crippen LogP contribution in [0.4, 0.5) is 4.39 Å². The fraction of sp³-hybridized carbons (Fsp3) is 0.286. The maximum atomic E-state index is 13.4. The predicted molar refractivity (Wildman–Crippen MR) is 78.2 cm³/mol. The molecule has 106 valence electrons. The lowest BCUT2D eigenvalue weighted by molar-refractivity contribution is 0.0692. The van der Waals surface area contributed by atoms with Crippen LogP contribution in [0.3, 0.4) is 0 Å². The number of hydrogen-bond donors (Lipinski definition) is 1. The Kier molecular flexibility index (Phi) is 3.84. The van der Waals surface area contributed by atoms with Gasteiger partial charge in [-0.25, -0.2) is 14.2 Å². The summed E-state index contributed by atoms with van der Waals surface area (Å²) in [4.78, 5) is 15.9. The Labute approximate surface area is 125 Å². The number of carbonyl (C=O) groups is 1. The summed E-state index contributed by atoms with van der Waals surface area (Å²) < 4.78 is 13.4. The average molecular weight is 314 g/mol. The van der Waals surface area contributed by atoms with E-state index in [1.165, 1.54) is 29.5 Å². The summed E-state index contributed by atoms with van der Waals surface area (Å²) in [5.41, 5.74) is 0.0894. The molecule has 0 saturated heterocycles. The van der Waals surface area contributed by atoms with Gasteiger partial charge in [0.1, 0.15) is 5.82 Å². The van der Waals surface area contributed by atoms with Gasteiger partial charge in [-0.3, -0.25) is 0 Å². The molecule has 2 aromatic rings. The van der Waals surface area contributed by atoms with Crippen molar-refractivity contribution in [2.24, 2.45) is 0 Å². The molecule has 0 aliphatic carbocycles. The summed E-state index contributed by atoms with van der Waals surface area (Å²) in [7, 11) is 0. The lowest BCUT2D eigenvalue weighted by Crippen LogP contribution is -2.11. The van der Waals surface area contributed by atoms with E-state index in [4.69, 9.17) is 11.6 Å². The van der Waals surface area contributed by atoms with Gasteiger partial charge in [0.25, 0.3) is 0 Å². The Balaban J connectivity index is 2.66. The van der Waals surface area contributed by atoms with Gasteiger partial charge in [-0.2, -0.15) is 0 Å². The van der Waals surface area contributed by atoms with Crippen molar-refractivity contribution in [3.63, 3.8) is 0 Å². The third kappa shape index (κ3) is 2.99. The molecule has 0 radical (unpaired) electrons. The van der Waals surface area contributed by atoms with Crippen molar-refractivity contribution in [2.45, 2.75) is 26.2 Å². The first kappa shape index (κ1) is 14.9. The number of hydrogen-bond acceptors (Lipinski definition) is 3. The topological polar surface area (TPSA) is 50.2 Å². The maximum absolute atomic E-state index is 13.4. The molecular weight excluding hydrogens is 301 g/mol. The Bertz CT molecular complexity index is 656. The van der Waals surface area contributed by atoms with Crippen molar-refractivity contribution < 1.29 is 14.3 Å². The van der Waals surface area contributed by atoms with Crippen LogP contribution in [-0.2, 0) is 5.41 Å². The molecule has 0 unspecified atom stereocenters. The predicted octanol–water partition coefficient (Wildman–Crippen LogP) is 4.60. The third-order valence-electron chi connectivity index (χ3n) is 2.60. The average Bonchev–Trinajstić information content (AvgIpc) is 2.71. The van der Waals surface area contributed by atoms with Crippen LogP contribution in [0, 0.1) is 5.82 Å². The van der Waals surface area contributed by atoms with Gasteiger partial charge in [-0.05, 0) is 23.8 Å². The van der Waals surface area contributed by atoms with E-state index in [1.807, 2.05) is 20.8 Å². The molecule has 1 N–H and O–H groups in total. The summed E-state index contributed by atoms with van der Waals surface area (Å²) in [5.74, 6) is -1.64. The molecule has 0 spiro atoms. The molecule has 0 amide bonds. The van der Waals surface area contributed by atoms with E-state index in [-0.39, 0.29) is 16.1 Å². The number of thiazole rings is 1. The van der Waals surface area contributed by atoms with Crippen LogP contribution in [0.25, 0.3) is 10.4 Å². The molecule has 0 aliphatic heterocycles. The minimum atomic E-state index is -1.13. The highest BCUT2D eigenvalue weighted by Crippen LogP contribution is 2.37. The Morgan fingerprint density at radius 2 is 2.00 bits per heavy atom. The van der Waals surface area contributed by atoms with E-state index in [9.17, 15) is 14.3 Å². The number of nitrogens with zero attached hydrogens (tertiary/aromatic N) is 1. The minimum absolute atomic E-state index is 0.0680.